The highest BCUT2D eigenvalue weighted by atomic mass is 16.5. The molecule has 0 saturated carbocycles. The standard InChI is InChI=1S/C30H24N6O2/c1-18-9-7-8-12-23(18)27-32-28-26-25(20-13-15-22(37-3)16-14-20)24-19(2)33-36(21-10-5-4-6-11-21)30(24)38-29(26)31-17-35(28)34-27/h4-17,25H,1-3H3/t25-/m1/s1. The van der Waals surface area contributed by atoms with E-state index in [-0.39, 0.29) is 5.92 Å². The van der Waals surface area contributed by atoms with E-state index < -0.39 is 0 Å². The minimum atomic E-state index is -0.220. The van der Waals surface area contributed by atoms with Gasteiger partial charge in [-0.3, -0.25) is 0 Å². The summed E-state index contributed by atoms with van der Waals surface area (Å²) in [6.07, 6.45) is 1.66. The predicted molar refractivity (Wildman–Crippen MR) is 143 cm³/mol. The summed E-state index contributed by atoms with van der Waals surface area (Å²) in [5.74, 6) is 2.36. The van der Waals surface area contributed by atoms with Crippen molar-refractivity contribution in [3.8, 4) is 34.6 Å². The second-order valence-corrected chi connectivity index (χ2v) is 9.34. The van der Waals surface area contributed by atoms with Gasteiger partial charge in [-0.2, -0.15) is 5.10 Å². The summed E-state index contributed by atoms with van der Waals surface area (Å²) < 4.78 is 15.5. The van der Waals surface area contributed by atoms with Crippen LogP contribution in [0, 0.1) is 13.8 Å². The van der Waals surface area contributed by atoms with E-state index in [1.807, 2.05) is 72.3 Å². The van der Waals surface area contributed by atoms with Crippen LogP contribution in [-0.2, 0) is 0 Å². The number of aryl methyl sites for hydroxylation is 2. The fraction of sp³-hybridized carbons (Fsp3) is 0.133. The Kier molecular flexibility index (Phi) is 5.00. The van der Waals surface area contributed by atoms with E-state index in [1.54, 1.807) is 18.0 Å². The molecule has 0 saturated heterocycles. The van der Waals surface area contributed by atoms with Crippen LogP contribution in [0.25, 0.3) is 22.7 Å². The molecule has 7 rings (SSSR count). The summed E-state index contributed by atoms with van der Waals surface area (Å²) in [4.78, 5) is 9.72. The van der Waals surface area contributed by atoms with Crippen molar-refractivity contribution < 1.29 is 9.47 Å². The van der Waals surface area contributed by atoms with Gasteiger partial charge in [-0.05, 0) is 49.2 Å². The lowest BCUT2D eigenvalue weighted by molar-refractivity contribution is 0.402. The molecule has 1 atom stereocenters. The molecular formula is C30H24N6O2. The molecule has 0 radical (unpaired) electrons. The molecule has 0 spiro atoms. The largest absolute Gasteiger partial charge is 0.497 e. The van der Waals surface area contributed by atoms with Crippen molar-refractivity contribution in [1.82, 2.24) is 29.4 Å². The first kappa shape index (κ1) is 22.2. The van der Waals surface area contributed by atoms with Gasteiger partial charge in [-0.15, -0.1) is 5.10 Å². The Morgan fingerprint density at radius 3 is 2.37 bits per heavy atom. The first-order chi connectivity index (χ1) is 18.6. The molecule has 3 aromatic carbocycles. The van der Waals surface area contributed by atoms with Crippen molar-refractivity contribution in [1.29, 1.82) is 0 Å². The second kappa shape index (κ2) is 8.55. The number of benzene rings is 3. The van der Waals surface area contributed by atoms with Crippen LogP contribution >= 0.6 is 0 Å². The maximum absolute atomic E-state index is 6.51. The van der Waals surface area contributed by atoms with Crippen LogP contribution in [0.3, 0.4) is 0 Å². The zero-order valence-electron chi connectivity index (χ0n) is 21.2. The molecule has 1 aliphatic rings. The van der Waals surface area contributed by atoms with Crippen molar-refractivity contribution in [2.24, 2.45) is 0 Å². The van der Waals surface area contributed by atoms with Crippen LogP contribution in [0.4, 0.5) is 0 Å². The summed E-state index contributed by atoms with van der Waals surface area (Å²) in [6, 6.07) is 26.2. The third-order valence-corrected chi connectivity index (χ3v) is 7.06. The lowest BCUT2D eigenvalue weighted by Crippen LogP contribution is -2.16. The number of aromatic nitrogens is 6. The van der Waals surface area contributed by atoms with Crippen LogP contribution < -0.4 is 9.47 Å². The van der Waals surface area contributed by atoms with Gasteiger partial charge < -0.3 is 9.47 Å². The third kappa shape index (κ3) is 3.37. The van der Waals surface area contributed by atoms with E-state index in [1.165, 1.54) is 0 Å². The van der Waals surface area contributed by atoms with Gasteiger partial charge in [-0.25, -0.2) is 19.2 Å². The average Bonchev–Trinajstić information content (AvgIpc) is 3.54. The zero-order chi connectivity index (χ0) is 25.8. The molecule has 0 unspecified atom stereocenters. The van der Waals surface area contributed by atoms with Crippen LogP contribution in [0.2, 0.25) is 0 Å². The van der Waals surface area contributed by atoms with Crippen LogP contribution in [0.15, 0.2) is 85.2 Å². The molecule has 3 aromatic heterocycles. The molecule has 0 bridgehead atoms. The topological polar surface area (TPSA) is 79.4 Å². The van der Waals surface area contributed by atoms with Crippen LogP contribution in [0.1, 0.15) is 33.9 Å². The Bertz CT molecular complexity index is 1800. The van der Waals surface area contributed by atoms with Gasteiger partial charge in [-0.1, -0.05) is 54.6 Å². The normalized spacial score (nSPS) is 14.1. The molecule has 8 heteroatoms. The van der Waals surface area contributed by atoms with E-state index >= 15 is 0 Å². The first-order valence-corrected chi connectivity index (χ1v) is 12.4. The molecule has 1 aliphatic heterocycles. The van der Waals surface area contributed by atoms with E-state index in [2.05, 4.69) is 25.1 Å². The fourth-order valence-electron chi connectivity index (χ4n) is 5.19. The summed E-state index contributed by atoms with van der Waals surface area (Å²) in [5, 5.41) is 9.68. The molecule has 8 nitrogen and oxygen atoms in total. The van der Waals surface area contributed by atoms with Crippen molar-refractivity contribution in [2.45, 2.75) is 19.8 Å². The second-order valence-electron chi connectivity index (χ2n) is 9.34. The van der Waals surface area contributed by atoms with Crippen molar-refractivity contribution >= 4 is 5.65 Å². The third-order valence-electron chi connectivity index (χ3n) is 7.06. The number of nitrogens with zero attached hydrogens (tertiary/aromatic N) is 6. The number of para-hydroxylation sites is 1. The summed E-state index contributed by atoms with van der Waals surface area (Å²) >= 11 is 0. The maximum Gasteiger partial charge on any atom is 0.230 e. The number of rotatable bonds is 4. The monoisotopic (exact) mass is 500 g/mol. The summed E-state index contributed by atoms with van der Waals surface area (Å²) in [6.45, 7) is 4.07. The lowest BCUT2D eigenvalue weighted by Gasteiger charge is -2.26. The Balaban J connectivity index is 1.49. The van der Waals surface area contributed by atoms with Crippen molar-refractivity contribution in [3.05, 3.63) is 113 Å². The Hall–Kier alpha value is -4.98. The van der Waals surface area contributed by atoms with Crippen molar-refractivity contribution in [3.63, 3.8) is 0 Å². The molecular weight excluding hydrogens is 476 g/mol. The van der Waals surface area contributed by atoms with Gasteiger partial charge in [0.15, 0.2) is 11.5 Å². The number of fused-ring (bicyclic) bond motifs is 4. The number of ether oxygens (including phenoxy) is 2. The smallest absolute Gasteiger partial charge is 0.230 e. The number of methoxy groups -OCH3 is 1. The van der Waals surface area contributed by atoms with Gasteiger partial charge in [0.1, 0.15) is 12.1 Å². The Morgan fingerprint density at radius 2 is 1.61 bits per heavy atom. The minimum absolute atomic E-state index is 0.220. The van der Waals surface area contributed by atoms with E-state index in [9.17, 15) is 0 Å². The Morgan fingerprint density at radius 1 is 0.842 bits per heavy atom. The molecule has 0 amide bonds. The molecule has 0 fully saturated rings. The van der Waals surface area contributed by atoms with Gasteiger partial charge >= 0.3 is 0 Å². The van der Waals surface area contributed by atoms with Gasteiger partial charge in [0.2, 0.25) is 11.8 Å². The quantitative estimate of drug-likeness (QED) is 0.300. The molecule has 186 valence electrons. The SMILES string of the molecule is COc1ccc([C@@H]2c3c(C)nn(-c4ccccc4)c3Oc3ncn4nc(-c5ccccc5C)nc4c32)cc1. The molecule has 6 aromatic rings. The summed E-state index contributed by atoms with van der Waals surface area (Å²) in [7, 11) is 1.67. The molecule has 4 heterocycles. The fourth-order valence-corrected chi connectivity index (χ4v) is 5.19. The zero-order valence-corrected chi connectivity index (χ0v) is 21.2. The number of hydrogen-bond donors (Lipinski definition) is 0. The number of hydrogen-bond acceptors (Lipinski definition) is 6. The minimum Gasteiger partial charge on any atom is -0.497 e. The average molecular weight is 501 g/mol. The summed E-state index contributed by atoms with van der Waals surface area (Å²) in [5.41, 5.74) is 7.46. The first-order valence-electron chi connectivity index (χ1n) is 12.4. The Labute approximate surface area is 219 Å². The van der Waals surface area contributed by atoms with Crippen LogP contribution in [0.5, 0.6) is 17.5 Å². The van der Waals surface area contributed by atoms with Gasteiger partial charge in [0.05, 0.1) is 35.5 Å². The predicted octanol–water partition coefficient (Wildman–Crippen LogP) is 5.89. The van der Waals surface area contributed by atoms with E-state index in [0.29, 0.717) is 23.2 Å². The lowest BCUT2D eigenvalue weighted by atomic mass is 9.84. The van der Waals surface area contributed by atoms with Gasteiger partial charge in [0, 0.05) is 5.56 Å². The molecule has 0 N–H and O–H groups in total. The van der Waals surface area contributed by atoms with E-state index in [4.69, 9.17) is 29.6 Å². The van der Waals surface area contributed by atoms with Crippen molar-refractivity contribution in [2.75, 3.05) is 7.11 Å². The molecule has 38 heavy (non-hydrogen) atoms. The molecule has 0 aliphatic carbocycles. The maximum atomic E-state index is 6.51. The van der Waals surface area contributed by atoms with E-state index in [0.717, 1.165) is 44.9 Å². The highest BCUT2D eigenvalue weighted by Crippen LogP contribution is 2.50. The highest BCUT2D eigenvalue weighted by Gasteiger charge is 2.38. The highest BCUT2D eigenvalue weighted by molar-refractivity contribution is 5.69. The van der Waals surface area contributed by atoms with Crippen LogP contribution in [-0.4, -0.2) is 36.5 Å². The van der Waals surface area contributed by atoms with Gasteiger partial charge in [0.25, 0.3) is 0 Å².